The van der Waals surface area contributed by atoms with Crippen molar-refractivity contribution in [2.75, 3.05) is 46.1 Å². The van der Waals surface area contributed by atoms with Crippen LogP contribution in [-0.4, -0.2) is 64.0 Å². The number of hydrogen-bond acceptors (Lipinski definition) is 4. The maximum atomic E-state index is 12.0. The molecule has 1 saturated carbocycles. The topological polar surface area (TPSA) is 84.0 Å². The largest absolute Gasteiger partial charge is 0.381 e. The first-order chi connectivity index (χ1) is 13.3. The highest BCUT2D eigenvalue weighted by Gasteiger charge is 2.16. The monoisotopic (exact) mass is 510 g/mol. The third-order valence-electron chi connectivity index (χ3n) is 5.12. The van der Waals surface area contributed by atoms with Crippen LogP contribution in [-0.2, 0) is 14.3 Å². The molecule has 1 saturated heterocycles. The van der Waals surface area contributed by atoms with E-state index in [0.717, 1.165) is 77.6 Å². The third kappa shape index (κ3) is 11.4. The zero-order valence-electron chi connectivity index (χ0n) is 17.3. The van der Waals surface area contributed by atoms with Gasteiger partial charge in [-0.15, -0.1) is 24.0 Å². The van der Waals surface area contributed by atoms with Crippen molar-refractivity contribution in [1.82, 2.24) is 16.0 Å². The number of guanidine groups is 1. The maximum absolute atomic E-state index is 12.0. The molecule has 2 fully saturated rings. The maximum Gasteiger partial charge on any atom is 0.221 e. The van der Waals surface area contributed by atoms with Crippen molar-refractivity contribution >= 4 is 35.8 Å². The van der Waals surface area contributed by atoms with Gasteiger partial charge < -0.3 is 25.4 Å². The molecule has 0 unspecified atom stereocenters. The highest BCUT2D eigenvalue weighted by molar-refractivity contribution is 14.0. The average molecular weight is 510 g/mol. The highest BCUT2D eigenvalue weighted by atomic mass is 127. The normalized spacial score (nSPS) is 18.5. The van der Waals surface area contributed by atoms with Crippen LogP contribution in [0.2, 0.25) is 0 Å². The molecule has 1 amide bonds. The molecule has 0 aromatic carbocycles. The van der Waals surface area contributed by atoms with E-state index < -0.39 is 0 Å². The van der Waals surface area contributed by atoms with Gasteiger partial charge in [0, 0.05) is 58.5 Å². The van der Waals surface area contributed by atoms with Gasteiger partial charge in [0.1, 0.15) is 0 Å². The molecule has 2 rings (SSSR count). The van der Waals surface area contributed by atoms with Gasteiger partial charge in [-0.25, -0.2) is 0 Å². The Balaban J connectivity index is 0.00000392. The fourth-order valence-corrected chi connectivity index (χ4v) is 3.53. The van der Waals surface area contributed by atoms with Crippen LogP contribution in [0.4, 0.5) is 0 Å². The van der Waals surface area contributed by atoms with E-state index in [2.05, 4.69) is 20.9 Å². The summed E-state index contributed by atoms with van der Waals surface area (Å²) in [4.78, 5) is 16.5. The van der Waals surface area contributed by atoms with Crippen LogP contribution >= 0.6 is 24.0 Å². The Morgan fingerprint density at radius 1 is 1.14 bits per heavy atom. The van der Waals surface area contributed by atoms with Gasteiger partial charge in [-0.05, 0) is 44.9 Å². The van der Waals surface area contributed by atoms with Gasteiger partial charge in [0.15, 0.2) is 5.96 Å². The molecule has 2 aliphatic rings. The molecule has 0 bridgehead atoms. The van der Waals surface area contributed by atoms with E-state index in [1.165, 1.54) is 12.8 Å². The number of aliphatic imine (C=N–C) groups is 1. The van der Waals surface area contributed by atoms with Gasteiger partial charge in [0.05, 0.1) is 0 Å². The standard InChI is InChI=1S/C20H38N4O3.HI/c1-2-21-20(23-12-8-19(25)24-18-6-3-4-7-18)22-11-5-13-27-16-17-9-14-26-15-10-17;/h17-18H,2-16H2,1H3,(H,24,25)(H2,21,22,23);1H. The van der Waals surface area contributed by atoms with Gasteiger partial charge in [0.2, 0.25) is 5.91 Å². The van der Waals surface area contributed by atoms with Gasteiger partial charge >= 0.3 is 0 Å². The summed E-state index contributed by atoms with van der Waals surface area (Å²) in [7, 11) is 0. The number of hydrogen-bond donors (Lipinski definition) is 3. The number of rotatable bonds is 11. The number of carbonyl (C=O) groups is 1. The van der Waals surface area contributed by atoms with Crippen molar-refractivity contribution in [3.05, 3.63) is 0 Å². The van der Waals surface area contributed by atoms with Crippen molar-refractivity contribution in [2.24, 2.45) is 10.9 Å². The van der Waals surface area contributed by atoms with Gasteiger partial charge in [0.25, 0.3) is 0 Å². The van der Waals surface area contributed by atoms with Crippen molar-refractivity contribution < 1.29 is 14.3 Å². The van der Waals surface area contributed by atoms with E-state index in [0.29, 0.717) is 24.9 Å². The van der Waals surface area contributed by atoms with Crippen LogP contribution in [0, 0.1) is 5.92 Å². The summed E-state index contributed by atoms with van der Waals surface area (Å²) in [6, 6.07) is 0.389. The quantitative estimate of drug-likeness (QED) is 0.172. The number of nitrogens with zero attached hydrogens (tertiary/aromatic N) is 1. The third-order valence-corrected chi connectivity index (χ3v) is 5.12. The van der Waals surface area contributed by atoms with Crippen molar-refractivity contribution in [2.45, 2.75) is 64.3 Å². The zero-order valence-corrected chi connectivity index (χ0v) is 19.7. The Labute approximate surface area is 187 Å². The molecule has 1 aliphatic carbocycles. The Hall–Kier alpha value is -0.610. The average Bonchev–Trinajstić information content (AvgIpc) is 3.18. The molecule has 1 heterocycles. The first kappa shape index (κ1) is 25.4. The van der Waals surface area contributed by atoms with Crippen LogP contribution in [0.15, 0.2) is 4.99 Å². The Morgan fingerprint density at radius 2 is 1.89 bits per heavy atom. The van der Waals surface area contributed by atoms with Crippen molar-refractivity contribution in [3.8, 4) is 0 Å². The predicted molar refractivity (Wildman–Crippen MR) is 123 cm³/mol. The number of halogens is 1. The Morgan fingerprint density at radius 3 is 2.61 bits per heavy atom. The summed E-state index contributed by atoms with van der Waals surface area (Å²) in [5, 5.41) is 9.58. The lowest BCUT2D eigenvalue weighted by Crippen LogP contribution is -2.40. The Kier molecular flexibility index (Phi) is 14.7. The smallest absolute Gasteiger partial charge is 0.221 e. The van der Waals surface area contributed by atoms with Crippen molar-refractivity contribution in [3.63, 3.8) is 0 Å². The second kappa shape index (κ2) is 16.2. The predicted octanol–water partition coefficient (Wildman–Crippen LogP) is 2.44. The number of amides is 1. The van der Waals surface area contributed by atoms with E-state index in [4.69, 9.17) is 9.47 Å². The van der Waals surface area contributed by atoms with Crippen LogP contribution in [0.25, 0.3) is 0 Å². The lowest BCUT2D eigenvalue weighted by molar-refractivity contribution is -0.121. The first-order valence-electron chi connectivity index (χ1n) is 10.7. The zero-order chi connectivity index (χ0) is 19.2. The SMILES string of the molecule is CCNC(=NCCCOCC1CCOCC1)NCCC(=O)NC1CCCC1.I. The molecule has 0 spiro atoms. The molecular weight excluding hydrogens is 471 g/mol. The van der Waals surface area contributed by atoms with Gasteiger partial charge in [-0.2, -0.15) is 0 Å². The van der Waals surface area contributed by atoms with E-state index in [9.17, 15) is 4.79 Å². The molecule has 0 radical (unpaired) electrons. The molecule has 1 aliphatic heterocycles. The van der Waals surface area contributed by atoms with Crippen LogP contribution < -0.4 is 16.0 Å². The fourth-order valence-electron chi connectivity index (χ4n) is 3.53. The van der Waals surface area contributed by atoms with Gasteiger partial charge in [-0.1, -0.05) is 12.8 Å². The summed E-state index contributed by atoms with van der Waals surface area (Å²) in [6.45, 7) is 7.48. The molecule has 164 valence electrons. The number of nitrogens with one attached hydrogen (secondary N) is 3. The second-order valence-corrected chi connectivity index (χ2v) is 7.47. The molecule has 0 atom stereocenters. The Bertz CT molecular complexity index is 439. The minimum Gasteiger partial charge on any atom is -0.381 e. The minimum atomic E-state index is 0. The first-order valence-corrected chi connectivity index (χ1v) is 10.7. The number of carbonyl (C=O) groups excluding carboxylic acids is 1. The van der Waals surface area contributed by atoms with E-state index in [1.54, 1.807) is 0 Å². The fraction of sp³-hybridized carbons (Fsp3) is 0.900. The van der Waals surface area contributed by atoms with Gasteiger partial charge in [-0.3, -0.25) is 9.79 Å². The van der Waals surface area contributed by atoms with E-state index in [1.807, 2.05) is 6.92 Å². The molecule has 3 N–H and O–H groups in total. The molecule has 0 aromatic heterocycles. The lowest BCUT2D eigenvalue weighted by Gasteiger charge is -2.21. The summed E-state index contributed by atoms with van der Waals surface area (Å²) in [5.41, 5.74) is 0. The van der Waals surface area contributed by atoms with Crippen LogP contribution in [0.3, 0.4) is 0 Å². The van der Waals surface area contributed by atoms with Crippen molar-refractivity contribution in [1.29, 1.82) is 0 Å². The molecule has 7 nitrogen and oxygen atoms in total. The number of ether oxygens (including phenoxy) is 2. The second-order valence-electron chi connectivity index (χ2n) is 7.47. The summed E-state index contributed by atoms with van der Waals surface area (Å²) < 4.78 is 11.1. The minimum absolute atomic E-state index is 0. The molecule has 28 heavy (non-hydrogen) atoms. The molecular formula is C20H39IN4O3. The van der Waals surface area contributed by atoms with E-state index in [-0.39, 0.29) is 29.9 Å². The van der Waals surface area contributed by atoms with E-state index >= 15 is 0 Å². The highest BCUT2D eigenvalue weighted by Crippen LogP contribution is 2.17. The molecule has 0 aromatic rings. The van der Waals surface area contributed by atoms with Crippen LogP contribution in [0.1, 0.15) is 58.3 Å². The summed E-state index contributed by atoms with van der Waals surface area (Å²) >= 11 is 0. The summed E-state index contributed by atoms with van der Waals surface area (Å²) in [5.74, 6) is 1.55. The van der Waals surface area contributed by atoms with Crippen LogP contribution in [0.5, 0.6) is 0 Å². The molecule has 8 heteroatoms. The lowest BCUT2D eigenvalue weighted by atomic mass is 10.0. The summed E-state index contributed by atoms with van der Waals surface area (Å²) in [6.07, 6.45) is 8.33.